The average Bonchev–Trinajstić information content (AvgIpc) is 2.76. The van der Waals surface area contributed by atoms with Gasteiger partial charge in [0.05, 0.1) is 0 Å². The van der Waals surface area contributed by atoms with Crippen molar-refractivity contribution in [2.45, 2.75) is 39.1 Å². The molecule has 0 spiro atoms. The van der Waals surface area contributed by atoms with Gasteiger partial charge in [-0.1, -0.05) is 60.7 Å². The number of H-pyrrole nitrogens is 1. The maximum absolute atomic E-state index is 11.6. The lowest BCUT2D eigenvalue weighted by Crippen LogP contribution is -2.29. The van der Waals surface area contributed by atoms with Crippen molar-refractivity contribution in [1.82, 2.24) is 14.5 Å². The molecule has 2 aromatic carbocycles. The third-order valence-corrected chi connectivity index (χ3v) is 4.89. The van der Waals surface area contributed by atoms with Gasteiger partial charge in [-0.15, -0.1) is 0 Å². The lowest BCUT2D eigenvalue weighted by Gasteiger charge is -2.22. The Balaban J connectivity index is 1.40. The van der Waals surface area contributed by atoms with E-state index in [1.807, 2.05) is 12.1 Å². The Bertz CT molecular complexity index is 942. The minimum atomic E-state index is -0.444. The lowest BCUT2D eigenvalue weighted by molar-refractivity contribution is 0.0701. The molecule has 0 atom stereocenters. The highest BCUT2D eigenvalue weighted by molar-refractivity contribution is 5.17. The summed E-state index contributed by atoms with van der Waals surface area (Å²) in [5.74, 6) is 0. The number of unbranched alkanes of at least 4 members (excludes halogenated alkanes) is 2. The van der Waals surface area contributed by atoms with Gasteiger partial charge in [-0.05, 0) is 36.9 Å². The molecule has 3 aromatic rings. The highest BCUT2D eigenvalue weighted by Gasteiger charge is 2.07. The van der Waals surface area contributed by atoms with E-state index >= 15 is 0 Å². The van der Waals surface area contributed by atoms with Crippen molar-refractivity contribution in [3.05, 3.63) is 105 Å². The fourth-order valence-electron chi connectivity index (χ4n) is 3.32. The van der Waals surface area contributed by atoms with Crippen LogP contribution in [0.1, 0.15) is 30.4 Å². The van der Waals surface area contributed by atoms with Crippen LogP contribution in [0.2, 0.25) is 0 Å². The highest BCUT2D eigenvalue weighted by atomic mass is 16.5. The smallest absolute Gasteiger partial charge is 0.330 e. The second kappa shape index (κ2) is 11.9. The van der Waals surface area contributed by atoms with Gasteiger partial charge in [-0.2, -0.15) is 0 Å². The molecule has 0 radical (unpaired) electrons. The third kappa shape index (κ3) is 7.46. The standard InChI is InChI=1S/C24H29N3O3/c28-23-14-16-27(24(29)25-23)20-30-17-9-3-8-15-26(18-21-10-4-1-5-11-21)19-22-12-6-2-7-13-22/h1-2,4-7,10-14,16H,3,8-9,15,17-20H2,(H,25,28,29). The summed E-state index contributed by atoms with van der Waals surface area (Å²) in [5, 5.41) is 0. The summed E-state index contributed by atoms with van der Waals surface area (Å²) in [6, 6.07) is 22.4. The molecule has 0 aliphatic carbocycles. The lowest BCUT2D eigenvalue weighted by atomic mass is 10.1. The number of aromatic amines is 1. The van der Waals surface area contributed by atoms with Crippen LogP contribution in [0, 0.1) is 0 Å². The molecule has 0 aliphatic rings. The Morgan fingerprint density at radius 1 is 0.800 bits per heavy atom. The van der Waals surface area contributed by atoms with Crippen LogP contribution in [0.3, 0.4) is 0 Å². The van der Waals surface area contributed by atoms with Crippen LogP contribution in [0.5, 0.6) is 0 Å². The van der Waals surface area contributed by atoms with Gasteiger partial charge < -0.3 is 4.74 Å². The van der Waals surface area contributed by atoms with E-state index in [2.05, 4.69) is 58.4 Å². The molecular weight excluding hydrogens is 378 g/mol. The molecule has 0 aliphatic heterocycles. The van der Waals surface area contributed by atoms with E-state index in [1.54, 1.807) is 0 Å². The van der Waals surface area contributed by atoms with Crippen molar-refractivity contribution in [2.75, 3.05) is 13.2 Å². The third-order valence-electron chi connectivity index (χ3n) is 4.89. The first kappa shape index (κ1) is 21.7. The van der Waals surface area contributed by atoms with Gasteiger partial charge in [0.1, 0.15) is 6.73 Å². The number of rotatable bonds is 12. The minimum absolute atomic E-state index is 0.157. The van der Waals surface area contributed by atoms with E-state index in [-0.39, 0.29) is 6.73 Å². The Hall–Kier alpha value is -2.96. The number of ether oxygens (including phenoxy) is 1. The Morgan fingerprint density at radius 2 is 1.43 bits per heavy atom. The summed E-state index contributed by atoms with van der Waals surface area (Å²) in [6.07, 6.45) is 4.52. The van der Waals surface area contributed by atoms with Crippen LogP contribution in [0.15, 0.2) is 82.5 Å². The summed E-state index contributed by atoms with van der Waals surface area (Å²) in [7, 11) is 0. The molecule has 1 heterocycles. The van der Waals surface area contributed by atoms with E-state index < -0.39 is 11.2 Å². The van der Waals surface area contributed by atoms with E-state index in [4.69, 9.17) is 4.74 Å². The van der Waals surface area contributed by atoms with Crippen molar-refractivity contribution in [3.63, 3.8) is 0 Å². The zero-order chi connectivity index (χ0) is 21.0. The first-order valence-corrected chi connectivity index (χ1v) is 10.4. The molecule has 3 rings (SSSR count). The van der Waals surface area contributed by atoms with Gasteiger partial charge >= 0.3 is 5.69 Å². The average molecular weight is 408 g/mol. The molecule has 0 saturated carbocycles. The number of aromatic nitrogens is 2. The molecule has 1 N–H and O–H groups in total. The van der Waals surface area contributed by atoms with Crippen LogP contribution in [0.4, 0.5) is 0 Å². The van der Waals surface area contributed by atoms with Crippen LogP contribution in [0.25, 0.3) is 0 Å². The zero-order valence-corrected chi connectivity index (χ0v) is 17.2. The van der Waals surface area contributed by atoms with Crippen molar-refractivity contribution in [1.29, 1.82) is 0 Å². The van der Waals surface area contributed by atoms with Crippen molar-refractivity contribution >= 4 is 0 Å². The maximum Gasteiger partial charge on any atom is 0.330 e. The predicted molar refractivity (Wildman–Crippen MR) is 118 cm³/mol. The van der Waals surface area contributed by atoms with Gasteiger partial charge in [-0.25, -0.2) is 4.79 Å². The minimum Gasteiger partial charge on any atom is -0.361 e. The monoisotopic (exact) mass is 407 g/mol. The van der Waals surface area contributed by atoms with Crippen LogP contribution in [-0.4, -0.2) is 27.6 Å². The number of nitrogens with zero attached hydrogens (tertiary/aromatic N) is 2. The fraction of sp³-hybridized carbons (Fsp3) is 0.333. The van der Waals surface area contributed by atoms with E-state index in [1.165, 1.54) is 28.0 Å². The summed E-state index contributed by atoms with van der Waals surface area (Å²) >= 11 is 0. The van der Waals surface area contributed by atoms with Gasteiger partial charge in [-0.3, -0.25) is 19.2 Å². The van der Waals surface area contributed by atoms with Gasteiger partial charge in [0.15, 0.2) is 0 Å². The predicted octanol–water partition coefficient (Wildman–Crippen LogP) is 3.38. The molecule has 6 nitrogen and oxygen atoms in total. The normalized spacial score (nSPS) is 11.1. The van der Waals surface area contributed by atoms with E-state index in [0.29, 0.717) is 6.61 Å². The number of hydrogen-bond acceptors (Lipinski definition) is 4. The quantitative estimate of drug-likeness (QED) is 0.468. The summed E-state index contributed by atoms with van der Waals surface area (Å²) < 4.78 is 6.92. The first-order valence-electron chi connectivity index (χ1n) is 10.4. The fourth-order valence-corrected chi connectivity index (χ4v) is 3.32. The van der Waals surface area contributed by atoms with Crippen molar-refractivity contribution < 1.29 is 4.74 Å². The SMILES string of the molecule is O=c1ccn(COCCCCCN(Cc2ccccc2)Cc2ccccc2)c(=O)[nH]1. The van der Waals surface area contributed by atoms with Crippen molar-refractivity contribution in [3.8, 4) is 0 Å². The topological polar surface area (TPSA) is 67.3 Å². The number of hydrogen-bond donors (Lipinski definition) is 1. The number of nitrogens with one attached hydrogen (secondary N) is 1. The molecule has 158 valence electrons. The second-order valence-corrected chi connectivity index (χ2v) is 7.36. The molecule has 30 heavy (non-hydrogen) atoms. The molecule has 0 unspecified atom stereocenters. The Morgan fingerprint density at radius 3 is 2.03 bits per heavy atom. The molecular formula is C24H29N3O3. The molecule has 0 fully saturated rings. The van der Waals surface area contributed by atoms with Crippen LogP contribution < -0.4 is 11.2 Å². The number of benzene rings is 2. The Labute approximate surface area is 176 Å². The van der Waals surface area contributed by atoms with Crippen LogP contribution in [-0.2, 0) is 24.6 Å². The highest BCUT2D eigenvalue weighted by Crippen LogP contribution is 2.11. The first-order chi connectivity index (χ1) is 14.7. The second-order valence-electron chi connectivity index (χ2n) is 7.36. The summed E-state index contributed by atoms with van der Waals surface area (Å²) in [5.41, 5.74) is 1.80. The molecule has 0 saturated heterocycles. The maximum atomic E-state index is 11.6. The van der Waals surface area contributed by atoms with E-state index in [0.717, 1.165) is 38.9 Å². The zero-order valence-electron chi connectivity index (χ0n) is 17.2. The summed E-state index contributed by atoms with van der Waals surface area (Å²) in [6.45, 7) is 3.62. The van der Waals surface area contributed by atoms with E-state index in [9.17, 15) is 9.59 Å². The van der Waals surface area contributed by atoms with Crippen molar-refractivity contribution in [2.24, 2.45) is 0 Å². The molecule has 1 aromatic heterocycles. The van der Waals surface area contributed by atoms with Gasteiger partial charge in [0, 0.05) is 32.0 Å². The molecule has 6 heteroatoms. The van der Waals surface area contributed by atoms with Gasteiger partial charge in [0.2, 0.25) is 0 Å². The molecule has 0 bridgehead atoms. The van der Waals surface area contributed by atoms with Crippen LogP contribution >= 0.6 is 0 Å². The largest absolute Gasteiger partial charge is 0.361 e. The summed E-state index contributed by atoms with van der Waals surface area (Å²) in [4.78, 5) is 27.4. The molecule has 0 amide bonds. The van der Waals surface area contributed by atoms with Gasteiger partial charge in [0.25, 0.3) is 5.56 Å². The Kier molecular flexibility index (Phi) is 8.62.